The van der Waals surface area contributed by atoms with Crippen LogP contribution in [0.1, 0.15) is 27.5 Å². The van der Waals surface area contributed by atoms with Crippen LogP contribution in [0.2, 0.25) is 5.02 Å². The van der Waals surface area contributed by atoms with Crippen molar-refractivity contribution < 1.29 is 14.3 Å². The van der Waals surface area contributed by atoms with E-state index in [1.54, 1.807) is 6.92 Å². The molecule has 0 bridgehead atoms. The van der Waals surface area contributed by atoms with Crippen molar-refractivity contribution in [2.75, 3.05) is 0 Å². The average Bonchev–Trinajstić information content (AvgIpc) is 3.15. The van der Waals surface area contributed by atoms with Gasteiger partial charge in [-0.1, -0.05) is 11.6 Å². The third-order valence-corrected chi connectivity index (χ3v) is 3.31. The Balaban J connectivity index is 2.00. The number of nitrogens with zero attached hydrogens (tertiary/aromatic N) is 4. The van der Waals surface area contributed by atoms with Crippen LogP contribution in [-0.4, -0.2) is 25.7 Å². The number of rotatable bonds is 3. The molecule has 3 rings (SSSR count). The van der Waals surface area contributed by atoms with E-state index in [0.29, 0.717) is 10.9 Å². The number of aromatic hydroxyl groups is 1. The molecule has 114 valence electrons. The van der Waals surface area contributed by atoms with Crippen LogP contribution in [0.5, 0.6) is 5.75 Å². The van der Waals surface area contributed by atoms with Crippen LogP contribution >= 0.6 is 11.6 Å². The van der Waals surface area contributed by atoms with Crippen LogP contribution in [0, 0.1) is 18.3 Å². The quantitative estimate of drug-likeness (QED) is 0.741. The van der Waals surface area contributed by atoms with Crippen LogP contribution in [-0.2, 0) is 0 Å². The molecule has 7 nitrogen and oxygen atoms in total. The summed E-state index contributed by atoms with van der Waals surface area (Å²) in [5.74, 6) is -0.196. The topological polar surface area (TPSA) is 105 Å². The molecule has 0 saturated heterocycles. The highest BCUT2D eigenvalue weighted by Crippen LogP contribution is 2.24. The minimum Gasteiger partial charge on any atom is -0.507 e. The molecular weight excluding hydrogens is 320 g/mol. The molecule has 0 aliphatic rings. The average molecular weight is 329 g/mol. The van der Waals surface area contributed by atoms with Crippen LogP contribution < -0.4 is 0 Å². The molecule has 23 heavy (non-hydrogen) atoms. The first-order chi connectivity index (χ1) is 11.0. The van der Waals surface area contributed by atoms with E-state index in [0.717, 1.165) is 0 Å². The lowest BCUT2D eigenvalue weighted by molar-refractivity contribution is 0.103. The maximum absolute atomic E-state index is 12.4. The highest BCUT2D eigenvalue weighted by molar-refractivity contribution is 6.31. The lowest BCUT2D eigenvalue weighted by Gasteiger charge is -2.02. The molecule has 2 heterocycles. The maximum Gasteiger partial charge on any atom is 0.259 e. The number of aryl methyl sites for hydroxylation is 1. The molecule has 0 radical (unpaired) electrons. The lowest BCUT2D eigenvalue weighted by Crippen LogP contribution is -2.01. The number of phenolic OH excluding ortho intramolecular Hbond substituents is 1. The Labute approximate surface area is 135 Å². The zero-order valence-corrected chi connectivity index (χ0v) is 12.6. The van der Waals surface area contributed by atoms with Gasteiger partial charge in [-0.2, -0.15) is 10.4 Å². The van der Waals surface area contributed by atoms with Gasteiger partial charge in [0, 0.05) is 18.1 Å². The summed E-state index contributed by atoms with van der Waals surface area (Å²) >= 11 is 5.85. The molecule has 0 atom stereocenters. The summed E-state index contributed by atoms with van der Waals surface area (Å²) in [4.78, 5) is 16.4. The van der Waals surface area contributed by atoms with Crippen molar-refractivity contribution in [3.05, 3.63) is 58.3 Å². The summed E-state index contributed by atoms with van der Waals surface area (Å²) in [7, 11) is 0. The van der Waals surface area contributed by atoms with E-state index in [2.05, 4.69) is 10.1 Å². The van der Waals surface area contributed by atoms with Crippen molar-refractivity contribution in [1.29, 1.82) is 5.26 Å². The van der Waals surface area contributed by atoms with E-state index in [-0.39, 0.29) is 28.5 Å². The summed E-state index contributed by atoms with van der Waals surface area (Å²) in [5.41, 5.74) is 0.335. The van der Waals surface area contributed by atoms with E-state index in [1.807, 2.05) is 6.07 Å². The number of phenols is 1. The number of hydrogen-bond acceptors (Lipinski definition) is 6. The van der Waals surface area contributed by atoms with E-state index in [4.69, 9.17) is 21.3 Å². The lowest BCUT2D eigenvalue weighted by atomic mass is 10.1. The normalized spacial score (nSPS) is 10.5. The Kier molecular flexibility index (Phi) is 3.60. The number of benzene rings is 1. The number of hydrogen-bond donors (Lipinski definition) is 1. The zero-order chi connectivity index (χ0) is 16.6. The standard InChI is InChI=1S/C15H9ClN4O3/c1-8-19-12(5-17)15(23-8)20-7-9(6-18-20)14(22)11-4-10(16)2-3-13(11)21/h2-4,6-7,21H,1H3. The molecule has 0 aliphatic heterocycles. The van der Waals surface area contributed by atoms with E-state index in [1.165, 1.54) is 35.3 Å². The van der Waals surface area contributed by atoms with Crippen molar-refractivity contribution in [2.45, 2.75) is 6.92 Å². The molecule has 0 saturated carbocycles. The summed E-state index contributed by atoms with van der Waals surface area (Å²) < 4.78 is 6.56. The van der Waals surface area contributed by atoms with Crippen molar-refractivity contribution in [1.82, 2.24) is 14.8 Å². The third kappa shape index (κ3) is 2.67. The zero-order valence-electron chi connectivity index (χ0n) is 11.8. The van der Waals surface area contributed by atoms with Gasteiger partial charge in [-0.05, 0) is 18.2 Å². The first-order valence-corrected chi connectivity index (χ1v) is 6.83. The molecule has 1 N–H and O–H groups in total. The Morgan fingerprint density at radius 2 is 2.26 bits per heavy atom. The summed E-state index contributed by atoms with van der Waals surface area (Å²) in [6, 6.07) is 6.09. The minimum absolute atomic E-state index is 0.0614. The van der Waals surface area contributed by atoms with Gasteiger partial charge in [-0.25, -0.2) is 9.67 Å². The van der Waals surface area contributed by atoms with Gasteiger partial charge < -0.3 is 9.52 Å². The Morgan fingerprint density at radius 1 is 1.48 bits per heavy atom. The van der Waals surface area contributed by atoms with Crippen LogP contribution in [0.15, 0.2) is 35.0 Å². The number of ketones is 1. The smallest absolute Gasteiger partial charge is 0.259 e. The molecule has 8 heteroatoms. The molecule has 0 spiro atoms. The summed E-state index contributed by atoms with van der Waals surface area (Å²) in [6.45, 7) is 1.60. The summed E-state index contributed by atoms with van der Waals surface area (Å²) in [5, 5.41) is 23.2. The molecule has 0 amide bonds. The molecular formula is C15H9ClN4O3. The highest BCUT2D eigenvalue weighted by atomic mass is 35.5. The second-order valence-corrected chi connectivity index (χ2v) is 5.10. The minimum atomic E-state index is -0.453. The maximum atomic E-state index is 12.4. The van der Waals surface area contributed by atoms with Gasteiger partial charge in [-0.15, -0.1) is 0 Å². The van der Waals surface area contributed by atoms with Crippen molar-refractivity contribution >= 4 is 17.4 Å². The Hall–Kier alpha value is -3.11. The van der Waals surface area contributed by atoms with Crippen LogP contribution in [0.3, 0.4) is 0 Å². The predicted molar refractivity (Wildman–Crippen MR) is 79.6 cm³/mol. The highest BCUT2D eigenvalue weighted by Gasteiger charge is 2.19. The molecule has 0 unspecified atom stereocenters. The van der Waals surface area contributed by atoms with Crippen molar-refractivity contribution in [2.24, 2.45) is 0 Å². The van der Waals surface area contributed by atoms with Crippen LogP contribution in [0.25, 0.3) is 5.88 Å². The molecule has 1 aromatic carbocycles. The first-order valence-electron chi connectivity index (χ1n) is 6.45. The molecule has 2 aromatic heterocycles. The SMILES string of the molecule is Cc1nc(C#N)c(-n2cc(C(=O)c3cc(Cl)ccc3O)cn2)o1. The van der Waals surface area contributed by atoms with E-state index < -0.39 is 5.78 Å². The van der Waals surface area contributed by atoms with Gasteiger partial charge in [0.1, 0.15) is 11.8 Å². The van der Waals surface area contributed by atoms with Gasteiger partial charge in [0.15, 0.2) is 11.7 Å². The number of nitriles is 1. The fourth-order valence-corrected chi connectivity index (χ4v) is 2.21. The molecule has 0 aliphatic carbocycles. The molecule has 0 fully saturated rings. The van der Waals surface area contributed by atoms with Gasteiger partial charge in [0.05, 0.1) is 17.3 Å². The fourth-order valence-electron chi connectivity index (χ4n) is 2.04. The second kappa shape index (κ2) is 5.59. The predicted octanol–water partition coefficient (Wildman–Crippen LogP) is 2.63. The van der Waals surface area contributed by atoms with Gasteiger partial charge in [-0.3, -0.25) is 4.79 Å². The monoisotopic (exact) mass is 328 g/mol. The van der Waals surface area contributed by atoms with E-state index in [9.17, 15) is 9.90 Å². The number of carbonyl (C=O) groups is 1. The fraction of sp³-hybridized carbons (Fsp3) is 0.0667. The van der Waals surface area contributed by atoms with Gasteiger partial charge in [0.25, 0.3) is 5.88 Å². The number of aromatic nitrogens is 3. The van der Waals surface area contributed by atoms with Crippen molar-refractivity contribution in [3.63, 3.8) is 0 Å². The third-order valence-electron chi connectivity index (χ3n) is 3.08. The number of halogens is 1. The summed E-state index contributed by atoms with van der Waals surface area (Å²) in [6.07, 6.45) is 2.70. The van der Waals surface area contributed by atoms with Gasteiger partial charge in [0.2, 0.25) is 5.69 Å². The van der Waals surface area contributed by atoms with E-state index >= 15 is 0 Å². The second-order valence-electron chi connectivity index (χ2n) is 4.66. The van der Waals surface area contributed by atoms with Gasteiger partial charge >= 0.3 is 0 Å². The molecule has 3 aromatic rings. The first kappa shape index (κ1) is 14.8. The number of carbonyl (C=O) groups excluding carboxylic acids is 1. The largest absolute Gasteiger partial charge is 0.507 e. The van der Waals surface area contributed by atoms with Crippen LogP contribution in [0.4, 0.5) is 0 Å². The Morgan fingerprint density at radius 3 is 3.00 bits per heavy atom. The Bertz CT molecular complexity index is 952. The number of oxazole rings is 1. The van der Waals surface area contributed by atoms with Crippen molar-refractivity contribution in [3.8, 4) is 17.7 Å².